The molecule has 2 heterocycles. The highest BCUT2D eigenvalue weighted by molar-refractivity contribution is 7.89. The van der Waals surface area contributed by atoms with E-state index in [0.29, 0.717) is 13.1 Å². The van der Waals surface area contributed by atoms with Gasteiger partial charge >= 0.3 is 0 Å². The number of imidazole rings is 1. The average molecular weight is 298 g/mol. The molecule has 2 aromatic heterocycles. The molecule has 0 fully saturated rings. The van der Waals surface area contributed by atoms with E-state index in [2.05, 4.69) is 14.8 Å². The molecule has 0 aliphatic carbocycles. The zero-order valence-electron chi connectivity index (χ0n) is 11.4. The van der Waals surface area contributed by atoms with Gasteiger partial charge in [0, 0.05) is 37.7 Å². The summed E-state index contributed by atoms with van der Waals surface area (Å²) >= 11 is 0. The molecule has 3 N–H and O–H groups in total. The third-order valence-corrected chi connectivity index (χ3v) is 4.37. The third kappa shape index (κ3) is 3.17. The summed E-state index contributed by atoms with van der Waals surface area (Å²) in [5.41, 5.74) is 5.65. The van der Waals surface area contributed by atoms with Gasteiger partial charge in [0.1, 0.15) is 4.90 Å². The quantitative estimate of drug-likeness (QED) is 0.783. The van der Waals surface area contributed by atoms with E-state index in [0.717, 1.165) is 0 Å². The van der Waals surface area contributed by atoms with Gasteiger partial charge in [0.25, 0.3) is 0 Å². The molecule has 1 atom stereocenters. The minimum Gasteiger partial charge on any atom is -0.381 e. The Balaban J connectivity index is 2.12. The second-order valence-electron chi connectivity index (χ2n) is 4.52. The summed E-state index contributed by atoms with van der Waals surface area (Å²) in [5, 5.41) is 3.94. The van der Waals surface area contributed by atoms with Crippen LogP contribution in [0, 0.1) is 0 Å². The van der Waals surface area contributed by atoms with Gasteiger partial charge in [-0.1, -0.05) is 0 Å². The van der Waals surface area contributed by atoms with Crippen molar-refractivity contribution in [3.8, 4) is 0 Å². The summed E-state index contributed by atoms with van der Waals surface area (Å²) in [6.07, 6.45) is 6.48. The summed E-state index contributed by atoms with van der Waals surface area (Å²) in [6, 6.07) is -0.293. The SMILES string of the molecule is CCn1cc(S(=O)(=O)NC(C)Cn2ccnc2)c(N)n1. The number of nitrogens with one attached hydrogen (secondary N) is 1. The fourth-order valence-electron chi connectivity index (χ4n) is 1.86. The number of sulfonamides is 1. The van der Waals surface area contributed by atoms with Crippen molar-refractivity contribution in [1.29, 1.82) is 0 Å². The Kier molecular flexibility index (Phi) is 4.09. The van der Waals surface area contributed by atoms with Crippen molar-refractivity contribution in [2.75, 3.05) is 5.73 Å². The molecular formula is C11H18N6O2S. The van der Waals surface area contributed by atoms with Crippen molar-refractivity contribution < 1.29 is 8.42 Å². The van der Waals surface area contributed by atoms with Crippen LogP contribution in [0.15, 0.2) is 29.8 Å². The Bertz CT molecular complexity index is 661. The summed E-state index contributed by atoms with van der Waals surface area (Å²) < 4.78 is 30.4. The van der Waals surface area contributed by atoms with Crippen LogP contribution >= 0.6 is 0 Å². The van der Waals surface area contributed by atoms with Gasteiger partial charge < -0.3 is 10.3 Å². The fraction of sp³-hybridized carbons (Fsp3) is 0.455. The predicted molar refractivity (Wildman–Crippen MR) is 74.3 cm³/mol. The minimum atomic E-state index is -3.67. The number of hydrogen-bond acceptors (Lipinski definition) is 5. The fourth-order valence-corrected chi connectivity index (χ4v) is 3.17. The molecule has 2 aromatic rings. The molecule has 0 saturated carbocycles. The van der Waals surface area contributed by atoms with Crippen molar-refractivity contribution in [3.05, 3.63) is 24.9 Å². The van der Waals surface area contributed by atoms with Gasteiger partial charge in [-0.3, -0.25) is 4.68 Å². The van der Waals surface area contributed by atoms with Crippen molar-refractivity contribution in [2.24, 2.45) is 0 Å². The maximum Gasteiger partial charge on any atom is 0.246 e. The molecule has 8 nitrogen and oxygen atoms in total. The lowest BCUT2D eigenvalue weighted by molar-refractivity contribution is 0.520. The van der Waals surface area contributed by atoms with Crippen molar-refractivity contribution >= 4 is 15.8 Å². The Morgan fingerprint density at radius 3 is 2.80 bits per heavy atom. The lowest BCUT2D eigenvalue weighted by Crippen LogP contribution is -2.35. The van der Waals surface area contributed by atoms with Crippen molar-refractivity contribution in [2.45, 2.75) is 37.9 Å². The van der Waals surface area contributed by atoms with Gasteiger partial charge in [-0.05, 0) is 13.8 Å². The first-order valence-corrected chi connectivity index (χ1v) is 7.71. The molecule has 0 aliphatic heterocycles. The van der Waals surface area contributed by atoms with Crippen LogP contribution in [0.3, 0.4) is 0 Å². The highest BCUT2D eigenvalue weighted by Gasteiger charge is 2.23. The molecule has 0 bridgehead atoms. The molecule has 1 unspecified atom stereocenters. The van der Waals surface area contributed by atoms with Gasteiger partial charge in [-0.2, -0.15) is 5.10 Å². The molecular weight excluding hydrogens is 280 g/mol. The van der Waals surface area contributed by atoms with E-state index in [1.807, 2.05) is 6.92 Å². The number of aromatic nitrogens is 4. The van der Waals surface area contributed by atoms with Crippen LogP contribution in [0.2, 0.25) is 0 Å². The number of nitrogen functional groups attached to an aromatic ring is 1. The molecule has 2 rings (SSSR count). The summed E-state index contributed by atoms with van der Waals surface area (Å²) in [5.74, 6) is 0.00850. The van der Waals surface area contributed by atoms with Crippen LogP contribution in [0.1, 0.15) is 13.8 Å². The molecule has 0 spiro atoms. The van der Waals surface area contributed by atoms with E-state index < -0.39 is 10.0 Å². The number of anilines is 1. The van der Waals surface area contributed by atoms with E-state index >= 15 is 0 Å². The van der Waals surface area contributed by atoms with E-state index in [1.54, 1.807) is 30.2 Å². The molecule has 0 aliphatic rings. The van der Waals surface area contributed by atoms with Crippen LogP contribution in [-0.4, -0.2) is 33.8 Å². The van der Waals surface area contributed by atoms with E-state index in [-0.39, 0.29) is 16.8 Å². The molecule has 0 saturated heterocycles. The lowest BCUT2D eigenvalue weighted by atomic mass is 10.4. The maximum atomic E-state index is 12.3. The Morgan fingerprint density at radius 1 is 1.50 bits per heavy atom. The molecule has 0 amide bonds. The number of hydrogen-bond donors (Lipinski definition) is 2. The predicted octanol–water partition coefficient (Wildman–Crippen LogP) is 0.0487. The van der Waals surface area contributed by atoms with Crippen LogP contribution < -0.4 is 10.5 Å². The normalized spacial score (nSPS) is 13.5. The van der Waals surface area contributed by atoms with Gasteiger partial charge in [0.15, 0.2) is 5.82 Å². The third-order valence-electron chi connectivity index (χ3n) is 2.77. The molecule has 0 radical (unpaired) electrons. The number of rotatable bonds is 6. The first kappa shape index (κ1) is 14.5. The monoisotopic (exact) mass is 298 g/mol. The Morgan fingerprint density at radius 2 is 2.25 bits per heavy atom. The summed E-state index contributed by atoms with van der Waals surface area (Å²) in [7, 11) is -3.67. The highest BCUT2D eigenvalue weighted by Crippen LogP contribution is 2.16. The molecule has 110 valence electrons. The zero-order valence-corrected chi connectivity index (χ0v) is 12.2. The van der Waals surface area contributed by atoms with Gasteiger partial charge in [0.05, 0.1) is 6.33 Å². The van der Waals surface area contributed by atoms with Crippen LogP contribution in [0.4, 0.5) is 5.82 Å². The van der Waals surface area contributed by atoms with Crippen molar-refractivity contribution in [3.63, 3.8) is 0 Å². The lowest BCUT2D eigenvalue weighted by Gasteiger charge is -2.14. The molecule has 9 heteroatoms. The molecule has 20 heavy (non-hydrogen) atoms. The summed E-state index contributed by atoms with van der Waals surface area (Å²) in [4.78, 5) is 3.92. The van der Waals surface area contributed by atoms with Crippen LogP contribution in [0.25, 0.3) is 0 Å². The van der Waals surface area contributed by atoms with Crippen molar-refractivity contribution in [1.82, 2.24) is 24.1 Å². The van der Waals surface area contributed by atoms with Crippen LogP contribution in [-0.2, 0) is 23.1 Å². The Hall–Kier alpha value is -1.87. The largest absolute Gasteiger partial charge is 0.381 e. The average Bonchev–Trinajstić information content (AvgIpc) is 2.97. The summed E-state index contributed by atoms with van der Waals surface area (Å²) in [6.45, 7) is 4.68. The van der Waals surface area contributed by atoms with Gasteiger partial charge in [0.2, 0.25) is 10.0 Å². The van der Waals surface area contributed by atoms with E-state index in [4.69, 9.17) is 5.73 Å². The zero-order chi connectivity index (χ0) is 14.8. The van der Waals surface area contributed by atoms with E-state index in [9.17, 15) is 8.42 Å². The smallest absolute Gasteiger partial charge is 0.246 e. The number of nitrogens with two attached hydrogens (primary N) is 1. The second kappa shape index (κ2) is 5.63. The molecule has 0 aromatic carbocycles. The first-order valence-electron chi connectivity index (χ1n) is 6.23. The van der Waals surface area contributed by atoms with Crippen LogP contribution in [0.5, 0.6) is 0 Å². The van der Waals surface area contributed by atoms with Gasteiger partial charge in [-0.25, -0.2) is 18.1 Å². The van der Waals surface area contributed by atoms with E-state index in [1.165, 1.54) is 10.9 Å². The highest BCUT2D eigenvalue weighted by atomic mass is 32.2. The second-order valence-corrected chi connectivity index (χ2v) is 6.20. The Labute approximate surface area is 117 Å². The number of aryl methyl sites for hydroxylation is 1. The topological polar surface area (TPSA) is 108 Å². The first-order chi connectivity index (χ1) is 9.42. The minimum absolute atomic E-state index is 0.00850. The van der Waals surface area contributed by atoms with Gasteiger partial charge in [-0.15, -0.1) is 0 Å². The number of nitrogens with zero attached hydrogens (tertiary/aromatic N) is 4. The maximum absolute atomic E-state index is 12.3. The standard InChI is InChI=1S/C11H18N6O2S/c1-3-17-7-10(11(12)14-17)20(18,19)15-9(2)6-16-5-4-13-8-16/h4-5,7-9,15H,3,6H2,1-2H3,(H2,12,14).